The number of halogens is 2. The molecule has 2 heterocycles. The fraction of sp³-hybridized carbons (Fsp3) is 0.200. The third-order valence-corrected chi connectivity index (χ3v) is 4.71. The maximum absolute atomic E-state index is 13.4. The number of rotatable bonds is 7. The second-order valence-corrected chi connectivity index (χ2v) is 7.46. The maximum Gasteiger partial charge on any atom is 0.240 e. The number of anilines is 2. The molecule has 0 unspecified atom stereocenters. The Bertz CT molecular complexity index is 1070. The molecule has 0 bridgehead atoms. The standard InChI is InChI=1S/C20H19F2N5O2S/c1-12-4-3-5-17(23-12)25-18(28)9-27(2)10-19(29)26-20-24-16(11-30-20)13-6-7-14(21)15(22)8-13/h3-8,11H,9-10H2,1-2H3,(H,23,25,28)(H,24,26,29). The van der Waals surface area contributed by atoms with Crippen LogP contribution >= 0.6 is 11.3 Å². The van der Waals surface area contributed by atoms with Gasteiger partial charge in [-0.25, -0.2) is 18.7 Å². The lowest BCUT2D eigenvalue weighted by atomic mass is 10.2. The van der Waals surface area contributed by atoms with Crippen molar-refractivity contribution in [3.05, 3.63) is 59.1 Å². The van der Waals surface area contributed by atoms with Gasteiger partial charge in [0.25, 0.3) is 0 Å². The second kappa shape index (κ2) is 9.51. The van der Waals surface area contributed by atoms with Crippen LogP contribution in [0.2, 0.25) is 0 Å². The molecule has 0 aliphatic heterocycles. The highest BCUT2D eigenvalue weighted by Gasteiger charge is 2.14. The molecule has 156 valence electrons. The molecule has 0 aliphatic carbocycles. The number of aryl methyl sites for hydroxylation is 1. The van der Waals surface area contributed by atoms with Crippen LogP contribution in [0.25, 0.3) is 11.3 Å². The van der Waals surface area contributed by atoms with Crippen molar-refractivity contribution >= 4 is 34.1 Å². The Hall–Kier alpha value is -3.24. The fourth-order valence-electron chi connectivity index (χ4n) is 2.62. The molecule has 3 aromatic rings. The third-order valence-electron chi connectivity index (χ3n) is 3.95. The summed E-state index contributed by atoms with van der Waals surface area (Å²) in [6.45, 7) is 1.79. The first-order valence-electron chi connectivity index (χ1n) is 8.93. The van der Waals surface area contributed by atoms with E-state index in [4.69, 9.17) is 0 Å². The average molecular weight is 431 g/mol. The summed E-state index contributed by atoms with van der Waals surface area (Å²) in [7, 11) is 1.64. The normalized spacial score (nSPS) is 10.8. The van der Waals surface area contributed by atoms with Gasteiger partial charge in [-0.15, -0.1) is 11.3 Å². The molecular formula is C20H19F2N5O2S. The number of thiazole rings is 1. The van der Waals surface area contributed by atoms with Crippen LogP contribution in [0.5, 0.6) is 0 Å². The van der Waals surface area contributed by atoms with Crippen molar-refractivity contribution in [2.45, 2.75) is 6.92 Å². The van der Waals surface area contributed by atoms with E-state index in [1.165, 1.54) is 6.07 Å². The van der Waals surface area contributed by atoms with Crippen LogP contribution in [0.1, 0.15) is 5.69 Å². The SMILES string of the molecule is Cc1cccc(NC(=O)CN(C)CC(=O)Nc2nc(-c3ccc(F)c(F)c3)cs2)n1. The number of nitrogens with one attached hydrogen (secondary N) is 2. The van der Waals surface area contributed by atoms with E-state index in [0.717, 1.165) is 29.2 Å². The van der Waals surface area contributed by atoms with Crippen LogP contribution < -0.4 is 10.6 Å². The topological polar surface area (TPSA) is 87.2 Å². The molecule has 0 saturated carbocycles. The van der Waals surface area contributed by atoms with E-state index >= 15 is 0 Å². The van der Waals surface area contributed by atoms with Gasteiger partial charge in [0.2, 0.25) is 11.8 Å². The third kappa shape index (κ3) is 5.88. The van der Waals surface area contributed by atoms with Crippen LogP contribution in [0.15, 0.2) is 41.8 Å². The van der Waals surface area contributed by atoms with Crippen molar-refractivity contribution in [2.24, 2.45) is 0 Å². The minimum atomic E-state index is -0.966. The summed E-state index contributed by atoms with van der Waals surface area (Å²) in [5.74, 6) is -2.10. The number of hydrogen-bond donors (Lipinski definition) is 2. The number of carbonyl (C=O) groups excluding carboxylic acids is 2. The van der Waals surface area contributed by atoms with E-state index in [1.807, 2.05) is 13.0 Å². The molecule has 0 radical (unpaired) electrons. The van der Waals surface area contributed by atoms with Gasteiger partial charge in [-0.1, -0.05) is 6.07 Å². The summed E-state index contributed by atoms with van der Waals surface area (Å²) in [5.41, 5.74) is 1.61. The van der Waals surface area contributed by atoms with Crippen molar-refractivity contribution in [3.63, 3.8) is 0 Å². The monoisotopic (exact) mass is 431 g/mol. The van der Waals surface area contributed by atoms with E-state index in [-0.39, 0.29) is 24.9 Å². The number of nitrogens with zero attached hydrogens (tertiary/aromatic N) is 3. The van der Waals surface area contributed by atoms with Crippen LogP contribution in [0, 0.1) is 18.6 Å². The van der Waals surface area contributed by atoms with Gasteiger partial charge >= 0.3 is 0 Å². The molecule has 2 N–H and O–H groups in total. The first kappa shape index (κ1) is 21.5. The van der Waals surface area contributed by atoms with E-state index in [2.05, 4.69) is 20.6 Å². The van der Waals surface area contributed by atoms with E-state index in [0.29, 0.717) is 22.2 Å². The summed E-state index contributed by atoms with van der Waals surface area (Å²) < 4.78 is 26.4. The van der Waals surface area contributed by atoms with Gasteiger partial charge < -0.3 is 10.6 Å². The molecule has 0 fully saturated rings. The summed E-state index contributed by atoms with van der Waals surface area (Å²) in [5, 5.41) is 7.26. The number of hydrogen-bond acceptors (Lipinski definition) is 6. The van der Waals surface area contributed by atoms with E-state index in [1.54, 1.807) is 29.5 Å². The van der Waals surface area contributed by atoms with Gasteiger partial charge in [0.05, 0.1) is 18.8 Å². The Morgan fingerprint density at radius 3 is 2.47 bits per heavy atom. The number of aromatic nitrogens is 2. The number of pyridine rings is 1. The number of likely N-dealkylation sites (N-methyl/N-ethyl adjacent to an activating group) is 1. The Balaban J connectivity index is 1.51. The first-order chi connectivity index (χ1) is 14.3. The lowest BCUT2D eigenvalue weighted by molar-refractivity contribution is -0.119. The van der Waals surface area contributed by atoms with Gasteiger partial charge in [0.1, 0.15) is 5.82 Å². The van der Waals surface area contributed by atoms with Crippen molar-refractivity contribution in [2.75, 3.05) is 30.8 Å². The zero-order chi connectivity index (χ0) is 21.7. The largest absolute Gasteiger partial charge is 0.310 e. The maximum atomic E-state index is 13.4. The Kier molecular flexibility index (Phi) is 6.80. The van der Waals surface area contributed by atoms with E-state index in [9.17, 15) is 18.4 Å². The minimum Gasteiger partial charge on any atom is -0.310 e. The highest BCUT2D eigenvalue weighted by atomic mass is 32.1. The van der Waals surface area contributed by atoms with Gasteiger partial charge in [-0.2, -0.15) is 0 Å². The van der Waals surface area contributed by atoms with Gasteiger partial charge in [-0.05, 0) is 44.3 Å². The molecule has 7 nitrogen and oxygen atoms in total. The molecule has 0 atom stereocenters. The Labute approximate surface area is 175 Å². The van der Waals surface area contributed by atoms with Crippen LogP contribution in [0.3, 0.4) is 0 Å². The van der Waals surface area contributed by atoms with Crippen LogP contribution in [0.4, 0.5) is 19.7 Å². The van der Waals surface area contributed by atoms with Gasteiger partial charge in [-0.3, -0.25) is 14.5 Å². The summed E-state index contributed by atoms with van der Waals surface area (Å²) in [6.07, 6.45) is 0. The molecule has 30 heavy (non-hydrogen) atoms. The summed E-state index contributed by atoms with van der Waals surface area (Å²) >= 11 is 1.16. The quantitative estimate of drug-likeness (QED) is 0.599. The van der Waals surface area contributed by atoms with Crippen molar-refractivity contribution in [3.8, 4) is 11.3 Å². The zero-order valence-electron chi connectivity index (χ0n) is 16.3. The lowest BCUT2D eigenvalue weighted by Gasteiger charge is -2.15. The first-order valence-corrected chi connectivity index (χ1v) is 9.81. The lowest BCUT2D eigenvalue weighted by Crippen LogP contribution is -2.36. The highest BCUT2D eigenvalue weighted by Crippen LogP contribution is 2.26. The van der Waals surface area contributed by atoms with Crippen molar-refractivity contribution in [1.29, 1.82) is 0 Å². The molecule has 1 aromatic carbocycles. The Morgan fingerprint density at radius 1 is 1.03 bits per heavy atom. The van der Waals surface area contributed by atoms with Crippen molar-refractivity contribution < 1.29 is 18.4 Å². The molecule has 2 amide bonds. The molecule has 0 spiro atoms. The molecule has 3 rings (SSSR count). The van der Waals surface area contributed by atoms with E-state index < -0.39 is 11.6 Å². The Morgan fingerprint density at radius 2 is 1.77 bits per heavy atom. The van der Waals surface area contributed by atoms with Crippen LogP contribution in [-0.4, -0.2) is 46.8 Å². The summed E-state index contributed by atoms with van der Waals surface area (Å²) in [6, 6.07) is 8.78. The minimum absolute atomic E-state index is 0.00101. The predicted molar refractivity (Wildman–Crippen MR) is 111 cm³/mol. The molecule has 0 saturated heterocycles. The molecule has 10 heteroatoms. The number of amides is 2. The smallest absolute Gasteiger partial charge is 0.240 e. The second-order valence-electron chi connectivity index (χ2n) is 6.60. The van der Waals surface area contributed by atoms with Crippen LogP contribution in [-0.2, 0) is 9.59 Å². The zero-order valence-corrected chi connectivity index (χ0v) is 17.1. The van der Waals surface area contributed by atoms with Gasteiger partial charge in [0, 0.05) is 16.6 Å². The summed E-state index contributed by atoms with van der Waals surface area (Å²) in [4.78, 5) is 34.3. The predicted octanol–water partition coefficient (Wildman–Crippen LogP) is 3.30. The number of benzene rings is 1. The highest BCUT2D eigenvalue weighted by molar-refractivity contribution is 7.14. The molecular weight excluding hydrogens is 412 g/mol. The fourth-order valence-corrected chi connectivity index (χ4v) is 3.36. The van der Waals surface area contributed by atoms with Crippen molar-refractivity contribution in [1.82, 2.24) is 14.9 Å². The molecule has 2 aromatic heterocycles. The molecule has 0 aliphatic rings. The number of carbonyl (C=O) groups is 2. The van der Waals surface area contributed by atoms with Gasteiger partial charge in [0.15, 0.2) is 16.8 Å². The average Bonchev–Trinajstić information content (AvgIpc) is 3.11.